The summed E-state index contributed by atoms with van der Waals surface area (Å²) in [5.74, 6) is 2.56. The van der Waals surface area contributed by atoms with Gasteiger partial charge < -0.3 is 4.74 Å². The topological polar surface area (TPSA) is 9.23 Å². The first-order chi connectivity index (χ1) is 5.41. The van der Waals surface area contributed by atoms with Crippen molar-refractivity contribution >= 4 is 11.8 Å². The molecule has 0 aromatic heterocycles. The summed E-state index contributed by atoms with van der Waals surface area (Å²) in [5.41, 5.74) is 0.321. The van der Waals surface area contributed by atoms with E-state index in [-0.39, 0.29) is 0 Å². The van der Waals surface area contributed by atoms with Crippen LogP contribution in [0.15, 0.2) is 0 Å². The number of hydrogen-bond acceptors (Lipinski definition) is 2. The maximum atomic E-state index is 5.93. The highest BCUT2D eigenvalue weighted by Gasteiger charge is 2.35. The van der Waals surface area contributed by atoms with E-state index < -0.39 is 0 Å². The van der Waals surface area contributed by atoms with Crippen molar-refractivity contribution in [2.75, 3.05) is 18.1 Å². The van der Waals surface area contributed by atoms with Gasteiger partial charge in [0.05, 0.1) is 5.60 Å². The van der Waals surface area contributed by atoms with Crippen molar-refractivity contribution in [1.82, 2.24) is 0 Å². The van der Waals surface area contributed by atoms with Crippen LogP contribution in [0.2, 0.25) is 0 Å². The second-order valence-corrected chi connectivity index (χ2v) is 4.75. The third kappa shape index (κ3) is 1.73. The van der Waals surface area contributed by atoms with Crippen molar-refractivity contribution in [3.63, 3.8) is 0 Å². The Morgan fingerprint density at radius 3 is 2.73 bits per heavy atom. The molecule has 2 fully saturated rings. The van der Waals surface area contributed by atoms with E-state index in [4.69, 9.17) is 4.74 Å². The summed E-state index contributed by atoms with van der Waals surface area (Å²) in [6.45, 7) is 1.01. The first kappa shape index (κ1) is 7.93. The normalized spacial score (nSPS) is 30.5. The van der Waals surface area contributed by atoms with Gasteiger partial charge >= 0.3 is 0 Å². The lowest BCUT2D eigenvalue weighted by Gasteiger charge is -2.26. The van der Waals surface area contributed by atoms with E-state index in [1.54, 1.807) is 0 Å². The van der Waals surface area contributed by atoms with Gasteiger partial charge in [0.15, 0.2) is 0 Å². The smallest absolute Gasteiger partial charge is 0.0772 e. The molecule has 0 radical (unpaired) electrons. The predicted molar refractivity (Wildman–Crippen MR) is 49.1 cm³/mol. The van der Waals surface area contributed by atoms with E-state index in [1.165, 1.54) is 43.6 Å². The fourth-order valence-electron chi connectivity index (χ4n) is 2.06. The zero-order valence-corrected chi connectivity index (χ0v) is 7.79. The molecule has 2 heteroatoms. The van der Waals surface area contributed by atoms with E-state index in [0.717, 1.165) is 6.61 Å². The summed E-state index contributed by atoms with van der Waals surface area (Å²) in [4.78, 5) is 0. The van der Waals surface area contributed by atoms with Crippen molar-refractivity contribution < 1.29 is 4.74 Å². The van der Waals surface area contributed by atoms with Crippen molar-refractivity contribution in [3.8, 4) is 0 Å². The lowest BCUT2D eigenvalue weighted by atomic mass is 10.1. The molecule has 0 unspecified atom stereocenters. The number of ether oxygens (including phenoxy) is 1. The van der Waals surface area contributed by atoms with E-state index in [0.29, 0.717) is 5.60 Å². The van der Waals surface area contributed by atoms with Gasteiger partial charge in [-0.3, -0.25) is 0 Å². The Balaban J connectivity index is 1.97. The molecule has 0 atom stereocenters. The van der Waals surface area contributed by atoms with Crippen molar-refractivity contribution in [2.24, 2.45) is 0 Å². The molecule has 1 aliphatic heterocycles. The Morgan fingerprint density at radius 2 is 1.91 bits per heavy atom. The van der Waals surface area contributed by atoms with Gasteiger partial charge in [0, 0.05) is 12.4 Å². The highest BCUT2D eigenvalue weighted by molar-refractivity contribution is 7.99. The first-order valence-corrected chi connectivity index (χ1v) is 5.79. The molecule has 11 heavy (non-hydrogen) atoms. The van der Waals surface area contributed by atoms with Crippen LogP contribution in [0.1, 0.15) is 32.1 Å². The second-order valence-electron chi connectivity index (χ2n) is 3.64. The molecule has 1 saturated heterocycles. The van der Waals surface area contributed by atoms with Crippen LogP contribution in [0, 0.1) is 0 Å². The van der Waals surface area contributed by atoms with Gasteiger partial charge in [0.2, 0.25) is 0 Å². The molecule has 1 spiro atoms. The molecule has 0 amide bonds. The van der Waals surface area contributed by atoms with Crippen LogP contribution in [-0.4, -0.2) is 23.7 Å². The Kier molecular flexibility index (Phi) is 2.42. The molecule has 2 aliphatic rings. The SMILES string of the molecule is C1COC2(CCCC2)CSC1. The lowest BCUT2D eigenvalue weighted by molar-refractivity contribution is -0.0188. The van der Waals surface area contributed by atoms with Crippen LogP contribution in [-0.2, 0) is 4.74 Å². The zero-order valence-electron chi connectivity index (χ0n) is 6.97. The fraction of sp³-hybridized carbons (Fsp3) is 1.00. The molecule has 0 aromatic rings. The number of thioether (sulfide) groups is 1. The maximum absolute atomic E-state index is 5.93. The average molecular weight is 172 g/mol. The average Bonchev–Trinajstić information content (AvgIpc) is 2.32. The van der Waals surface area contributed by atoms with E-state index in [1.807, 2.05) is 0 Å². The molecule has 0 bridgehead atoms. The third-order valence-corrected chi connectivity index (χ3v) is 4.03. The van der Waals surface area contributed by atoms with Crippen LogP contribution in [0.5, 0.6) is 0 Å². The van der Waals surface area contributed by atoms with Crippen LogP contribution in [0.3, 0.4) is 0 Å². The molecule has 0 N–H and O–H groups in total. The molecule has 2 rings (SSSR count). The Hall–Kier alpha value is 0.310. The first-order valence-electron chi connectivity index (χ1n) is 4.63. The molecular weight excluding hydrogens is 156 g/mol. The number of hydrogen-bond donors (Lipinski definition) is 0. The molecule has 1 saturated carbocycles. The van der Waals surface area contributed by atoms with Gasteiger partial charge in [-0.25, -0.2) is 0 Å². The van der Waals surface area contributed by atoms with Gasteiger partial charge in [-0.2, -0.15) is 11.8 Å². The quantitative estimate of drug-likeness (QED) is 0.555. The van der Waals surface area contributed by atoms with Gasteiger partial charge in [-0.15, -0.1) is 0 Å². The minimum atomic E-state index is 0.321. The summed E-state index contributed by atoms with van der Waals surface area (Å²) < 4.78 is 5.93. The van der Waals surface area contributed by atoms with Gasteiger partial charge in [-0.1, -0.05) is 12.8 Å². The summed E-state index contributed by atoms with van der Waals surface area (Å²) in [5, 5.41) is 0. The summed E-state index contributed by atoms with van der Waals surface area (Å²) in [6.07, 6.45) is 6.67. The Bertz CT molecular complexity index is 120. The van der Waals surface area contributed by atoms with E-state index in [9.17, 15) is 0 Å². The monoisotopic (exact) mass is 172 g/mol. The molecule has 1 aliphatic carbocycles. The summed E-state index contributed by atoms with van der Waals surface area (Å²) >= 11 is 2.09. The van der Waals surface area contributed by atoms with Crippen LogP contribution >= 0.6 is 11.8 Å². The van der Waals surface area contributed by atoms with Crippen LogP contribution in [0.4, 0.5) is 0 Å². The van der Waals surface area contributed by atoms with Crippen molar-refractivity contribution in [2.45, 2.75) is 37.7 Å². The highest BCUT2D eigenvalue weighted by Crippen LogP contribution is 2.37. The fourth-order valence-corrected chi connectivity index (χ4v) is 3.27. The second kappa shape index (κ2) is 3.36. The van der Waals surface area contributed by atoms with Gasteiger partial charge in [0.1, 0.15) is 0 Å². The zero-order chi connectivity index (χ0) is 7.57. The van der Waals surface area contributed by atoms with E-state index >= 15 is 0 Å². The van der Waals surface area contributed by atoms with E-state index in [2.05, 4.69) is 11.8 Å². The Morgan fingerprint density at radius 1 is 1.09 bits per heavy atom. The molecule has 64 valence electrons. The highest BCUT2D eigenvalue weighted by atomic mass is 32.2. The maximum Gasteiger partial charge on any atom is 0.0772 e. The molecule has 0 aromatic carbocycles. The third-order valence-electron chi connectivity index (χ3n) is 2.72. The largest absolute Gasteiger partial charge is 0.374 e. The van der Waals surface area contributed by atoms with Crippen LogP contribution < -0.4 is 0 Å². The molecule has 1 heterocycles. The van der Waals surface area contributed by atoms with Gasteiger partial charge in [-0.05, 0) is 25.0 Å². The lowest BCUT2D eigenvalue weighted by Crippen LogP contribution is -2.30. The van der Waals surface area contributed by atoms with Crippen molar-refractivity contribution in [3.05, 3.63) is 0 Å². The predicted octanol–water partition coefficient (Wildman–Crippen LogP) is 2.45. The minimum absolute atomic E-state index is 0.321. The summed E-state index contributed by atoms with van der Waals surface area (Å²) in [6, 6.07) is 0. The van der Waals surface area contributed by atoms with Crippen LogP contribution in [0.25, 0.3) is 0 Å². The molecular formula is C9H16OS. The minimum Gasteiger partial charge on any atom is -0.374 e. The standard InChI is InChI=1S/C9H16OS/c1-2-5-9(4-1)8-11-7-3-6-10-9/h1-8H2. The van der Waals surface area contributed by atoms with Crippen molar-refractivity contribution in [1.29, 1.82) is 0 Å². The molecule has 1 nitrogen and oxygen atoms in total. The van der Waals surface area contributed by atoms with Gasteiger partial charge in [0.25, 0.3) is 0 Å². The Labute approximate surface area is 72.9 Å². The number of rotatable bonds is 0. The summed E-state index contributed by atoms with van der Waals surface area (Å²) in [7, 11) is 0.